The molecule has 0 saturated heterocycles. The number of hydrogen-bond donors (Lipinski definition) is 0. The predicted molar refractivity (Wildman–Crippen MR) is 80.5 cm³/mol. The number of rotatable bonds is 4. The summed E-state index contributed by atoms with van der Waals surface area (Å²) in [7, 11) is 0. The Balaban J connectivity index is 2.02. The molecule has 0 aliphatic rings. The molecule has 0 aliphatic heterocycles. The molecule has 6 nitrogen and oxygen atoms in total. The van der Waals surface area contributed by atoms with Gasteiger partial charge in [0.25, 0.3) is 0 Å². The molecule has 0 unspecified atom stereocenters. The molecule has 0 bridgehead atoms. The molecule has 22 heavy (non-hydrogen) atoms. The Morgan fingerprint density at radius 1 is 1.18 bits per heavy atom. The van der Waals surface area contributed by atoms with E-state index < -0.39 is 5.97 Å². The molecule has 0 N–H and O–H groups in total. The van der Waals surface area contributed by atoms with Gasteiger partial charge in [-0.15, -0.1) is 15.0 Å². The SMILES string of the molecule is C=CC(=O)OOc1ccc(C)cc1-n1nc2ccccc2n1. The van der Waals surface area contributed by atoms with Gasteiger partial charge >= 0.3 is 5.97 Å². The monoisotopic (exact) mass is 295 g/mol. The summed E-state index contributed by atoms with van der Waals surface area (Å²) in [6.45, 7) is 5.25. The van der Waals surface area contributed by atoms with Gasteiger partial charge in [0.2, 0.25) is 5.75 Å². The van der Waals surface area contributed by atoms with E-state index in [1.807, 2.05) is 43.3 Å². The van der Waals surface area contributed by atoms with E-state index in [0.717, 1.165) is 22.7 Å². The second kappa shape index (κ2) is 5.69. The van der Waals surface area contributed by atoms with Crippen molar-refractivity contribution in [2.45, 2.75) is 6.92 Å². The predicted octanol–water partition coefficient (Wildman–Crippen LogP) is 2.75. The fraction of sp³-hybridized carbons (Fsp3) is 0.0625. The third-order valence-electron chi connectivity index (χ3n) is 3.00. The van der Waals surface area contributed by atoms with E-state index in [1.54, 1.807) is 6.07 Å². The fourth-order valence-corrected chi connectivity index (χ4v) is 1.94. The topological polar surface area (TPSA) is 66.2 Å². The second-order valence-corrected chi connectivity index (χ2v) is 4.64. The lowest BCUT2D eigenvalue weighted by Crippen LogP contribution is -2.08. The van der Waals surface area contributed by atoms with Gasteiger partial charge < -0.3 is 0 Å². The van der Waals surface area contributed by atoms with Crippen LogP contribution in [0.1, 0.15) is 5.56 Å². The highest BCUT2D eigenvalue weighted by atomic mass is 17.2. The minimum Gasteiger partial charge on any atom is -0.284 e. The maximum atomic E-state index is 11.1. The maximum Gasteiger partial charge on any atom is 0.378 e. The molecule has 0 atom stereocenters. The normalized spacial score (nSPS) is 10.4. The third-order valence-corrected chi connectivity index (χ3v) is 3.00. The van der Waals surface area contributed by atoms with Gasteiger partial charge in [0.1, 0.15) is 16.7 Å². The summed E-state index contributed by atoms with van der Waals surface area (Å²) < 4.78 is 0. The van der Waals surface area contributed by atoms with Crippen molar-refractivity contribution < 1.29 is 14.6 Å². The van der Waals surface area contributed by atoms with Crippen LogP contribution in [-0.4, -0.2) is 21.0 Å². The van der Waals surface area contributed by atoms with Crippen molar-refractivity contribution in [2.24, 2.45) is 0 Å². The van der Waals surface area contributed by atoms with Crippen molar-refractivity contribution in [3.63, 3.8) is 0 Å². The van der Waals surface area contributed by atoms with Crippen LogP contribution < -0.4 is 4.89 Å². The van der Waals surface area contributed by atoms with E-state index >= 15 is 0 Å². The molecule has 110 valence electrons. The summed E-state index contributed by atoms with van der Waals surface area (Å²) in [5, 5.41) is 8.79. The zero-order valence-electron chi connectivity index (χ0n) is 11.9. The molecule has 3 rings (SSSR count). The number of aryl methyl sites for hydroxylation is 1. The lowest BCUT2D eigenvalue weighted by Gasteiger charge is -2.08. The average molecular weight is 295 g/mol. The number of carbonyl (C=O) groups excluding carboxylic acids is 1. The summed E-state index contributed by atoms with van der Waals surface area (Å²) in [6.07, 6.45) is 1.02. The lowest BCUT2D eigenvalue weighted by molar-refractivity contribution is -0.207. The Labute approximate surface area is 126 Å². The fourth-order valence-electron chi connectivity index (χ4n) is 1.94. The quantitative estimate of drug-likeness (QED) is 0.420. The van der Waals surface area contributed by atoms with Crippen LogP contribution in [0.4, 0.5) is 0 Å². The van der Waals surface area contributed by atoms with Crippen molar-refractivity contribution in [1.29, 1.82) is 0 Å². The Morgan fingerprint density at radius 3 is 2.50 bits per heavy atom. The Bertz CT molecular complexity index is 822. The van der Waals surface area contributed by atoms with Gasteiger partial charge in [0.05, 0.1) is 0 Å². The number of carbonyl (C=O) groups is 1. The minimum absolute atomic E-state index is 0.334. The van der Waals surface area contributed by atoms with E-state index in [0.29, 0.717) is 11.4 Å². The number of fused-ring (bicyclic) bond motifs is 1. The van der Waals surface area contributed by atoms with Crippen molar-refractivity contribution in [2.75, 3.05) is 0 Å². The smallest absolute Gasteiger partial charge is 0.284 e. The van der Waals surface area contributed by atoms with Crippen molar-refractivity contribution >= 4 is 17.0 Å². The van der Waals surface area contributed by atoms with E-state index in [9.17, 15) is 4.79 Å². The Kier molecular flexibility index (Phi) is 3.57. The molecule has 0 saturated carbocycles. The Hall–Kier alpha value is -3.15. The van der Waals surface area contributed by atoms with Crippen LogP contribution in [0.15, 0.2) is 55.1 Å². The van der Waals surface area contributed by atoms with Crippen LogP contribution in [0.2, 0.25) is 0 Å². The number of nitrogens with zero attached hydrogens (tertiary/aromatic N) is 3. The van der Waals surface area contributed by atoms with Gasteiger partial charge in [-0.3, -0.25) is 4.89 Å². The molecule has 0 radical (unpaired) electrons. The molecular weight excluding hydrogens is 282 g/mol. The highest BCUT2D eigenvalue weighted by Crippen LogP contribution is 2.24. The molecule has 0 aliphatic carbocycles. The second-order valence-electron chi connectivity index (χ2n) is 4.64. The highest BCUT2D eigenvalue weighted by molar-refractivity contribution is 5.80. The van der Waals surface area contributed by atoms with Crippen LogP contribution in [0.3, 0.4) is 0 Å². The zero-order chi connectivity index (χ0) is 15.5. The number of hydrogen-bond acceptors (Lipinski definition) is 5. The van der Waals surface area contributed by atoms with Crippen molar-refractivity contribution in [3.05, 3.63) is 60.7 Å². The maximum absolute atomic E-state index is 11.1. The van der Waals surface area contributed by atoms with E-state index in [1.165, 1.54) is 4.80 Å². The van der Waals surface area contributed by atoms with Crippen LogP contribution >= 0.6 is 0 Å². The van der Waals surface area contributed by atoms with E-state index in [4.69, 9.17) is 4.89 Å². The highest BCUT2D eigenvalue weighted by Gasteiger charge is 2.12. The summed E-state index contributed by atoms with van der Waals surface area (Å²) in [6, 6.07) is 12.9. The molecule has 2 aromatic carbocycles. The Morgan fingerprint density at radius 2 is 1.86 bits per heavy atom. The average Bonchev–Trinajstić information content (AvgIpc) is 2.97. The third kappa shape index (κ3) is 2.67. The van der Waals surface area contributed by atoms with Gasteiger partial charge in [-0.25, -0.2) is 9.68 Å². The molecule has 1 aromatic heterocycles. The summed E-state index contributed by atoms with van der Waals surface area (Å²) in [4.78, 5) is 22.3. The van der Waals surface area contributed by atoms with Gasteiger partial charge in [0.15, 0.2) is 0 Å². The first-order valence-corrected chi connectivity index (χ1v) is 6.61. The van der Waals surface area contributed by atoms with Gasteiger partial charge in [-0.2, -0.15) is 0 Å². The van der Waals surface area contributed by atoms with Gasteiger partial charge in [-0.1, -0.05) is 24.8 Å². The molecule has 6 heteroatoms. The van der Waals surface area contributed by atoms with Crippen LogP contribution in [0, 0.1) is 6.92 Å². The van der Waals surface area contributed by atoms with Crippen molar-refractivity contribution in [1.82, 2.24) is 15.0 Å². The van der Waals surface area contributed by atoms with Crippen LogP contribution in [-0.2, 0) is 9.68 Å². The zero-order valence-corrected chi connectivity index (χ0v) is 11.9. The number of aromatic nitrogens is 3. The molecule has 0 fully saturated rings. The van der Waals surface area contributed by atoms with Crippen molar-refractivity contribution in [3.8, 4) is 11.4 Å². The first-order chi connectivity index (χ1) is 10.7. The van der Waals surface area contributed by atoms with E-state index in [2.05, 4.69) is 21.7 Å². The lowest BCUT2D eigenvalue weighted by atomic mass is 10.2. The summed E-state index contributed by atoms with van der Waals surface area (Å²) in [5.74, 6) is -0.341. The van der Waals surface area contributed by atoms with Gasteiger partial charge in [-0.05, 0) is 36.8 Å². The first-order valence-electron chi connectivity index (χ1n) is 6.61. The molecular formula is C16H13N3O3. The molecule has 0 amide bonds. The standard InChI is InChI=1S/C16H13N3O3/c1-3-16(20)22-21-15-9-8-11(2)10-14(15)19-17-12-6-4-5-7-13(12)18-19/h3-10H,1H2,2H3. The minimum atomic E-state index is -0.676. The summed E-state index contributed by atoms with van der Waals surface area (Å²) in [5.41, 5.74) is 3.10. The number of benzene rings is 2. The molecule has 3 aromatic rings. The van der Waals surface area contributed by atoms with Crippen LogP contribution in [0.25, 0.3) is 16.7 Å². The van der Waals surface area contributed by atoms with E-state index in [-0.39, 0.29) is 0 Å². The molecule has 1 heterocycles. The van der Waals surface area contributed by atoms with Crippen LogP contribution in [0.5, 0.6) is 5.75 Å². The molecule has 0 spiro atoms. The largest absolute Gasteiger partial charge is 0.378 e. The summed E-state index contributed by atoms with van der Waals surface area (Å²) >= 11 is 0. The van der Waals surface area contributed by atoms with Gasteiger partial charge in [0, 0.05) is 6.08 Å². The first kappa shape index (κ1) is 13.8.